The van der Waals surface area contributed by atoms with Gasteiger partial charge in [-0.15, -0.1) is 11.3 Å². The summed E-state index contributed by atoms with van der Waals surface area (Å²) in [5.41, 5.74) is 3.82. The molecule has 188 valence electrons. The van der Waals surface area contributed by atoms with Crippen LogP contribution in [0, 0.1) is 5.92 Å². The van der Waals surface area contributed by atoms with Gasteiger partial charge >= 0.3 is 0 Å². The number of aromatic nitrogens is 1. The molecule has 1 fully saturated rings. The number of hydrogen-bond acceptors (Lipinski definition) is 4. The number of fused-ring (bicyclic) bond motifs is 1. The van der Waals surface area contributed by atoms with Crippen molar-refractivity contribution in [1.29, 1.82) is 0 Å². The first-order valence-corrected chi connectivity index (χ1v) is 14.1. The van der Waals surface area contributed by atoms with E-state index in [4.69, 9.17) is 23.2 Å². The molecule has 5 rings (SSSR count). The molecule has 2 heterocycles. The highest BCUT2D eigenvalue weighted by Gasteiger charge is 2.26. The van der Waals surface area contributed by atoms with E-state index < -0.39 is 0 Å². The molecule has 3 aromatic rings. The Balaban J connectivity index is 1.12. The SMILES string of the molecule is O=C(NC1CCCc2ccccc21)c1csc(CC2CCN(C(=O)Cc3cc(Cl)ccc3Cl)CC2)n1. The van der Waals surface area contributed by atoms with Crippen LogP contribution in [0.1, 0.15) is 63.9 Å². The zero-order valence-electron chi connectivity index (χ0n) is 20.0. The first kappa shape index (κ1) is 25.2. The maximum absolute atomic E-state index is 12.9. The van der Waals surface area contributed by atoms with Crippen LogP contribution < -0.4 is 5.32 Å². The molecule has 8 heteroatoms. The summed E-state index contributed by atoms with van der Waals surface area (Å²) in [7, 11) is 0. The van der Waals surface area contributed by atoms with Crippen molar-refractivity contribution in [1.82, 2.24) is 15.2 Å². The van der Waals surface area contributed by atoms with Crippen molar-refractivity contribution in [2.45, 2.75) is 51.0 Å². The molecule has 36 heavy (non-hydrogen) atoms. The first-order valence-electron chi connectivity index (χ1n) is 12.5. The summed E-state index contributed by atoms with van der Waals surface area (Å²) in [4.78, 5) is 32.3. The molecule has 2 aliphatic rings. The maximum Gasteiger partial charge on any atom is 0.271 e. The van der Waals surface area contributed by atoms with Crippen molar-refractivity contribution in [3.63, 3.8) is 0 Å². The lowest BCUT2D eigenvalue weighted by Gasteiger charge is -2.32. The van der Waals surface area contributed by atoms with Crippen molar-refractivity contribution in [2.75, 3.05) is 13.1 Å². The maximum atomic E-state index is 12.9. The van der Waals surface area contributed by atoms with Gasteiger partial charge in [0.15, 0.2) is 0 Å². The van der Waals surface area contributed by atoms with Gasteiger partial charge in [-0.05, 0) is 72.9 Å². The molecular weight excluding hydrogens is 513 g/mol. The molecule has 1 atom stereocenters. The fraction of sp³-hybridized carbons (Fsp3) is 0.393. The average Bonchev–Trinajstić information content (AvgIpc) is 3.35. The van der Waals surface area contributed by atoms with Gasteiger partial charge < -0.3 is 10.2 Å². The van der Waals surface area contributed by atoms with Crippen LogP contribution in [0.15, 0.2) is 47.8 Å². The fourth-order valence-corrected chi connectivity index (χ4v) is 6.50. The van der Waals surface area contributed by atoms with Gasteiger partial charge in [0.05, 0.1) is 17.5 Å². The molecule has 1 aromatic heterocycles. The van der Waals surface area contributed by atoms with Crippen LogP contribution >= 0.6 is 34.5 Å². The van der Waals surface area contributed by atoms with E-state index in [-0.39, 0.29) is 24.3 Å². The van der Waals surface area contributed by atoms with E-state index in [0.29, 0.717) is 21.7 Å². The molecule has 2 amide bonds. The number of amides is 2. The molecule has 5 nitrogen and oxygen atoms in total. The lowest BCUT2D eigenvalue weighted by molar-refractivity contribution is -0.131. The Bertz CT molecular complexity index is 1250. The van der Waals surface area contributed by atoms with Gasteiger partial charge in [-0.2, -0.15) is 0 Å². The molecular formula is C28H29Cl2N3O2S. The number of piperidine rings is 1. The van der Waals surface area contributed by atoms with Crippen LogP contribution in [0.5, 0.6) is 0 Å². The number of benzene rings is 2. The van der Waals surface area contributed by atoms with Crippen LogP contribution in [0.2, 0.25) is 10.0 Å². The Morgan fingerprint density at radius 3 is 2.72 bits per heavy atom. The Labute approximate surface area is 225 Å². The zero-order valence-corrected chi connectivity index (χ0v) is 22.3. The minimum atomic E-state index is -0.0979. The minimum absolute atomic E-state index is 0.0521. The van der Waals surface area contributed by atoms with Crippen molar-refractivity contribution in [2.24, 2.45) is 5.92 Å². The van der Waals surface area contributed by atoms with Crippen molar-refractivity contribution in [3.05, 3.63) is 85.3 Å². The summed E-state index contributed by atoms with van der Waals surface area (Å²) in [6.45, 7) is 1.45. The third-order valence-electron chi connectivity index (χ3n) is 7.24. The van der Waals surface area contributed by atoms with Crippen molar-refractivity contribution < 1.29 is 9.59 Å². The van der Waals surface area contributed by atoms with Crippen molar-refractivity contribution in [3.8, 4) is 0 Å². The largest absolute Gasteiger partial charge is 0.344 e. The molecule has 2 aromatic carbocycles. The highest BCUT2D eigenvalue weighted by molar-refractivity contribution is 7.09. The van der Waals surface area contributed by atoms with Crippen LogP contribution in [0.4, 0.5) is 0 Å². The molecule has 1 N–H and O–H groups in total. The standard InChI is InChI=1S/C28H29Cl2N3O2S/c29-21-8-9-23(30)20(15-21)16-27(34)33-12-10-18(11-13-33)14-26-31-25(17-36-26)28(35)32-24-7-3-5-19-4-1-2-6-22(19)24/h1-2,4,6,8-9,15,17-18,24H,3,5,7,10-14,16H2,(H,32,35). The second-order valence-corrected chi connectivity index (χ2v) is 11.5. The monoisotopic (exact) mass is 541 g/mol. The highest BCUT2D eigenvalue weighted by Crippen LogP contribution is 2.30. The van der Waals surface area contributed by atoms with E-state index in [0.717, 1.165) is 62.2 Å². The number of nitrogens with zero attached hydrogens (tertiary/aromatic N) is 2. The predicted octanol–water partition coefficient (Wildman–Crippen LogP) is 6.28. The summed E-state index contributed by atoms with van der Waals surface area (Å²) >= 11 is 13.8. The van der Waals surface area contributed by atoms with Crippen LogP contribution in [-0.4, -0.2) is 34.8 Å². The first-order chi connectivity index (χ1) is 17.5. The van der Waals surface area contributed by atoms with Gasteiger partial charge in [0.1, 0.15) is 5.69 Å². The topological polar surface area (TPSA) is 62.3 Å². The number of nitrogens with one attached hydrogen (secondary N) is 1. The molecule has 0 radical (unpaired) electrons. The number of likely N-dealkylation sites (tertiary alicyclic amines) is 1. The number of halogens is 2. The number of aryl methyl sites for hydroxylation is 1. The number of carbonyl (C=O) groups is 2. The average molecular weight is 543 g/mol. The third kappa shape index (κ3) is 5.93. The number of hydrogen-bond donors (Lipinski definition) is 1. The summed E-state index contributed by atoms with van der Waals surface area (Å²) in [6, 6.07) is 13.6. The molecule has 0 bridgehead atoms. The Morgan fingerprint density at radius 2 is 1.89 bits per heavy atom. The van der Waals surface area contributed by atoms with Gasteiger partial charge in [-0.3, -0.25) is 9.59 Å². The van der Waals surface area contributed by atoms with Gasteiger partial charge in [-0.25, -0.2) is 4.98 Å². The van der Waals surface area contributed by atoms with E-state index in [1.165, 1.54) is 11.1 Å². The number of thiazole rings is 1. The molecule has 1 unspecified atom stereocenters. The quantitative estimate of drug-likeness (QED) is 0.399. The predicted molar refractivity (Wildman–Crippen MR) is 145 cm³/mol. The lowest BCUT2D eigenvalue weighted by atomic mass is 9.88. The van der Waals surface area contributed by atoms with E-state index in [9.17, 15) is 9.59 Å². The molecule has 1 saturated heterocycles. The van der Waals surface area contributed by atoms with Crippen molar-refractivity contribution >= 4 is 46.4 Å². The zero-order chi connectivity index (χ0) is 25.1. The minimum Gasteiger partial charge on any atom is -0.344 e. The van der Waals surface area contributed by atoms with Crippen LogP contribution in [0.25, 0.3) is 0 Å². The Morgan fingerprint density at radius 1 is 1.08 bits per heavy atom. The molecule has 1 aliphatic heterocycles. The van der Waals surface area contributed by atoms with Gasteiger partial charge in [-0.1, -0.05) is 47.5 Å². The Kier molecular flexibility index (Phi) is 7.94. The fourth-order valence-electron chi connectivity index (χ4n) is 5.23. The van der Waals surface area contributed by atoms with Gasteiger partial charge in [0.25, 0.3) is 5.91 Å². The lowest BCUT2D eigenvalue weighted by Crippen LogP contribution is -2.39. The third-order valence-corrected chi connectivity index (χ3v) is 8.71. The summed E-state index contributed by atoms with van der Waals surface area (Å²) in [5.74, 6) is 0.436. The van der Waals surface area contributed by atoms with E-state index in [1.807, 2.05) is 16.3 Å². The summed E-state index contributed by atoms with van der Waals surface area (Å²) in [5, 5.41) is 7.20. The molecule has 0 saturated carbocycles. The normalized spacial score (nSPS) is 18.1. The summed E-state index contributed by atoms with van der Waals surface area (Å²) in [6.07, 6.45) is 6.07. The number of carbonyl (C=O) groups excluding carboxylic acids is 2. The van der Waals surface area contributed by atoms with Gasteiger partial charge in [0.2, 0.25) is 5.91 Å². The molecule has 0 spiro atoms. The molecule has 1 aliphatic carbocycles. The second kappa shape index (κ2) is 11.3. The van der Waals surface area contributed by atoms with E-state index >= 15 is 0 Å². The van der Waals surface area contributed by atoms with E-state index in [1.54, 1.807) is 29.5 Å². The van der Waals surface area contributed by atoms with Crippen LogP contribution in [0.3, 0.4) is 0 Å². The Hall–Kier alpha value is -2.41. The van der Waals surface area contributed by atoms with E-state index in [2.05, 4.69) is 28.5 Å². The smallest absolute Gasteiger partial charge is 0.271 e. The second-order valence-electron chi connectivity index (χ2n) is 9.68. The van der Waals surface area contributed by atoms with Crippen LogP contribution in [-0.2, 0) is 24.1 Å². The highest BCUT2D eigenvalue weighted by atomic mass is 35.5. The summed E-state index contributed by atoms with van der Waals surface area (Å²) < 4.78 is 0. The number of rotatable bonds is 6. The van der Waals surface area contributed by atoms with Gasteiger partial charge in [0, 0.05) is 34.9 Å².